The zero-order valence-corrected chi connectivity index (χ0v) is 15.7. The van der Waals surface area contributed by atoms with Gasteiger partial charge in [-0.05, 0) is 41.8 Å². The van der Waals surface area contributed by atoms with Crippen molar-refractivity contribution in [3.05, 3.63) is 78.0 Å². The van der Waals surface area contributed by atoms with Crippen LogP contribution in [0.15, 0.2) is 66.9 Å². The van der Waals surface area contributed by atoms with Crippen molar-refractivity contribution in [3.63, 3.8) is 0 Å². The normalized spacial score (nSPS) is 10.5. The molecule has 2 aromatic carbocycles. The predicted octanol–water partition coefficient (Wildman–Crippen LogP) is 5.21. The van der Waals surface area contributed by atoms with Crippen molar-refractivity contribution in [2.75, 3.05) is 17.7 Å². The SMILES string of the molecule is COc1ccccc1NC(=O)c1ccc(Nc2ccccc2C(C)C)nc1. The van der Waals surface area contributed by atoms with E-state index in [1.165, 1.54) is 5.56 Å². The van der Waals surface area contributed by atoms with Gasteiger partial charge in [-0.1, -0.05) is 44.2 Å². The summed E-state index contributed by atoms with van der Waals surface area (Å²) in [7, 11) is 1.57. The maximum absolute atomic E-state index is 12.5. The third kappa shape index (κ3) is 4.44. The molecule has 2 N–H and O–H groups in total. The number of methoxy groups -OCH3 is 1. The maximum atomic E-state index is 12.5. The largest absolute Gasteiger partial charge is 0.495 e. The predicted molar refractivity (Wildman–Crippen MR) is 109 cm³/mol. The van der Waals surface area contributed by atoms with Crippen LogP contribution in [0.1, 0.15) is 35.7 Å². The Morgan fingerprint density at radius 1 is 0.963 bits per heavy atom. The number of carbonyl (C=O) groups is 1. The monoisotopic (exact) mass is 361 g/mol. The van der Waals surface area contributed by atoms with E-state index in [0.29, 0.717) is 28.7 Å². The van der Waals surface area contributed by atoms with Gasteiger partial charge in [0.25, 0.3) is 5.91 Å². The van der Waals surface area contributed by atoms with E-state index in [2.05, 4.69) is 35.5 Å². The van der Waals surface area contributed by atoms with Gasteiger partial charge in [-0.15, -0.1) is 0 Å². The van der Waals surface area contributed by atoms with Crippen LogP contribution in [0.5, 0.6) is 5.75 Å². The Kier molecular flexibility index (Phi) is 5.71. The quantitative estimate of drug-likeness (QED) is 0.633. The molecule has 0 saturated heterocycles. The molecule has 0 aliphatic heterocycles. The summed E-state index contributed by atoms with van der Waals surface area (Å²) in [5.74, 6) is 1.47. The summed E-state index contributed by atoms with van der Waals surface area (Å²) >= 11 is 0. The summed E-state index contributed by atoms with van der Waals surface area (Å²) in [5.41, 5.74) is 3.34. The third-order valence-electron chi connectivity index (χ3n) is 4.23. The molecule has 3 aromatic rings. The molecule has 1 heterocycles. The van der Waals surface area contributed by atoms with Gasteiger partial charge in [0.15, 0.2) is 0 Å². The van der Waals surface area contributed by atoms with Gasteiger partial charge in [0.1, 0.15) is 11.6 Å². The third-order valence-corrected chi connectivity index (χ3v) is 4.23. The van der Waals surface area contributed by atoms with E-state index in [1.807, 2.05) is 30.3 Å². The maximum Gasteiger partial charge on any atom is 0.257 e. The average Bonchev–Trinajstić information content (AvgIpc) is 2.69. The van der Waals surface area contributed by atoms with Gasteiger partial charge in [-0.2, -0.15) is 0 Å². The molecule has 5 nitrogen and oxygen atoms in total. The number of para-hydroxylation sites is 3. The average molecular weight is 361 g/mol. The van der Waals surface area contributed by atoms with Gasteiger partial charge < -0.3 is 15.4 Å². The first kappa shape index (κ1) is 18.5. The molecule has 0 unspecified atom stereocenters. The van der Waals surface area contributed by atoms with Crippen molar-refractivity contribution >= 4 is 23.1 Å². The number of aromatic nitrogens is 1. The highest BCUT2D eigenvalue weighted by Crippen LogP contribution is 2.26. The first-order valence-corrected chi connectivity index (χ1v) is 8.85. The lowest BCUT2D eigenvalue weighted by Crippen LogP contribution is -2.13. The highest BCUT2D eigenvalue weighted by Gasteiger charge is 2.11. The molecule has 0 fully saturated rings. The van der Waals surface area contributed by atoms with Crippen molar-refractivity contribution in [1.82, 2.24) is 4.98 Å². The summed E-state index contributed by atoms with van der Waals surface area (Å²) in [6.45, 7) is 4.30. The number of hydrogen-bond donors (Lipinski definition) is 2. The Morgan fingerprint density at radius 2 is 1.67 bits per heavy atom. The molecule has 1 aromatic heterocycles. The van der Waals surface area contributed by atoms with Crippen LogP contribution in [0.2, 0.25) is 0 Å². The number of carbonyl (C=O) groups excluding carboxylic acids is 1. The van der Waals surface area contributed by atoms with E-state index in [0.717, 1.165) is 5.69 Å². The number of amides is 1. The van der Waals surface area contributed by atoms with E-state index in [9.17, 15) is 4.79 Å². The number of pyridine rings is 1. The van der Waals surface area contributed by atoms with Crippen LogP contribution in [0.3, 0.4) is 0 Å². The second-order valence-electron chi connectivity index (χ2n) is 6.45. The topological polar surface area (TPSA) is 63.2 Å². The second-order valence-corrected chi connectivity index (χ2v) is 6.45. The zero-order chi connectivity index (χ0) is 19.2. The molecule has 0 radical (unpaired) electrons. The molecule has 5 heteroatoms. The Balaban J connectivity index is 1.73. The summed E-state index contributed by atoms with van der Waals surface area (Å²) in [4.78, 5) is 16.8. The molecule has 0 bridgehead atoms. The van der Waals surface area contributed by atoms with Gasteiger partial charge in [0.2, 0.25) is 0 Å². The Hall–Kier alpha value is -3.34. The number of hydrogen-bond acceptors (Lipinski definition) is 4. The van der Waals surface area contributed by atoms with E-state index in [-0.39, 0.29) is 5.91 Å². The van der Waals surface area contributed by atoms with Crippen LogP contribution in [-0.2, 0) is 0 Å². The standard InChI is InChI=1S/C22H23N3O2/c1-15(2)17-8-4-5-9-18(17)24-21-13-12-16(14-23-21)22(26)25-19-10-6-7-11-20(19)27-3/h4-15H,1-3H3,(H,23,24)(H,25,26). The van der Waals surface area contributed by atoms with Gasteiger partial charge in [0, 0.05) is 11.9 Å². The van der Waals surface area contributed by atoms with E-state index >= 15 is 0 Å². The number of nitrogens with zero attached hydrogens (tertiary/aromatic N) is 1. The van der Waals surface area contributed by atoms with Crippen molar-refractivity contribution in [3.8, 4) is 5.75 Å². The number of rotatable bonds is 6. The van der Waals surface area contributed by atoms with Crippen LogP contribution >= 0.6 is 0 Å². The van der Waals surface area contributed by atoms with Crippen molar-refractivity contribution in [2.45, 2.75) is 19.8 Å². The lowest BCUT2D eigenvalue weighted by Gasteiger charge is -2.14. The highest BCUT2D eigenvalue weighted by atomic mass is 16.5. The van der Waals surface area contributed by atoms with Gasteiger partial charge in [-0.25, -0.2) is 4.98 Å². The zero-order valence-electron chi connectivity index (χ0n) is 15.7. The minimum Gasteiger partial charge on any atom is -0.495 e. The van der Waals surface area contributed by atoms with Crippen LogP contribution in [0.25, 0.3) is 0 Å². The molecule has 3 rings (SSSR count). The smallest absolute Gasteiger partial charge is 0.257 e. The molecule has 27 heavy (non-hydrogen) atoms. The number of benzene rings is 2. The van der Waals surface area contributed by atoms with Gasteiger partial charge in [-0.3, -0.25) is 4.79 Å². The van der Waals surface area contributed by atoms with Crippen LogP contribution in [0, 0.1) is 0 Å². The van der Waals surface area contributed by atoms with E-state index < -0.39 is 0 Å². The van der Waals surface area contributed by atoms with Crippen molar-refractivity contribution < 1.29 is 9.53 Å². The van der Waals surface area contributed by atoms with Gasteiger partial charge >= 0.3 is 0 Å². The lowest BCUT2D eigenvalue weighted by atomic mass is 10.0. The van der Waals surface area contributed by atoms with E-state index in [1.54, 1.807) is 37.6 Å². The molecule has 0 atom stereocenters. The van der Waals surface area contributed by atoms with Crippen molar-refractivity contribution in [2.24, 2.45) is 0 Å². The molecular formula is C22H23N3O2. The van der Waals surface area contributed by atoms with Gasteiger partial charge in [0.05, 0.1) is 18.4 Å². The molecule has 0 aliphatic rings. The lowest BCUT2D eigenvalue weighted by molar-refractivity contribution is 0.102. The molecule has 0 spiro atoms. The van der Waals surface area contributed by atoms with E-state index in [4.69, 9.17) is 4.74 Å². The second kappa shape index (κ2) is 8.36. The minimum absolute atomic E-state index is 0.235. The summed E-state index contributed by atoms with van der Waals surface area (Å²) in [6, 6.07) is 19.0. The van der Waals surface area contributed by atoms with Crippen molar-refractivity contribution in [1.29, 1.82) is 0 Å². The Bertz CT molecular complexity index is 921. The fourth-order valence-electron chi connectivity index (χ4n) is 2.80. The highest BCUT2D eigenvalue weighted by molar-refractivity contribution is 6.04. The Labute approximate surface area is 159 Å². The molecular weight excluding hydrogens is 338 g/mol. The first-order valence-electron chi connectivity index (χ1n) is 8.85. The molecule has 0 saturated carbocycles. The fourth-order valence-corrected chi connectivity index (χ4v) is 2.80. The summed E-state index contributed by atoms with van der Waals surface area (Å²) in [6.07, 6.45) is 1.56. The molecule has 138 valence electrons. The minimum atomic E-state index is -0.235. The fraction of sp³-hybridized carbons (Fsp3) is 0.182. The Morgan fingerprint density at radius 3 is 2.33 bits per heavy atom. The number of nitrogens with one attached hydrogen (secondary N) is 2. The number of anilines is 3. The summed E-state index contributed by atoms with van der Waals surface area (Å²) in [5, 5.41) is 6.17. The molecule has 1 amide bonds. The van der Waals surface area contributed by atoms with Crippen LogP contribution in [0.4, 0.5) is 17.2 Å². The first-order chi connectivity index (χ1) is 13.1. The molecule has 0 aliphatic carbocycles. The summed E-state index contributed by atoms with van der Waals surface area (Å²) < 4.78 is 5.26. The van der Waals surface area contributed by atoms with Crippen LogP contribution < -0.4 is 15.4 Å². The van der Waals surface area contributed by atoms with Crippen LogP contribution in [-0.4, -0.2) is 18.0 Å². The number of ether oxygens (including phenoxy) is 1.